The zero-order valence-electron chi connectivity index (χ0n) is 9.10. The van der Waals surface area contributed by atoms with Crippen LogP contribution in [0, 0.1) is 0 Å². The first-order valence-electron chi connectivity index (χ1n) is 5.02. The Kier molecular flexibility index (Phi) is 3.94. The van der Waals surface area contributed by atoms with Gasteiger partial charge in [-0.1, -0.05) is 35.9 Å². The van der Waals surface area contributed by atoms with Crippen LogP contribution in [-0.4, -0.2) is 8.42 Å². The van der Waals surface area contributed by atoms with Crippen LogP contribution in [-0.2, 0) is 10.0 Å². The van der Waals surface area contributed by atoms with Crippen molar-refractivity contribution in [3.63, 3.8) is 0 Å². The Balaban J connectivity index is 2.37. The molecule has 2 rings (SSSR count). The molecular formula is C12H9BrClNO2S. The summed E-state index contributed by atoms with van der Waals surface area (Å²) in [7, 11) is -3.59. The summed E-state index contributed by atoms with van der Waals surface area (Å²) in [4.78, 5) is 0.205. The van der Waals surface area contributed by atoms with E-state index in [1.807, 2.05) is 0 Å². The fourth-order valence-corrected chi connectivity index (χ4v) is 3.15. The molecule has 0 atom stereocenters. The van der Waals surface area contributed by atoms with E-state index in [4.69, 9.17) is 11.6 Å². The quantitative estimate of drug-likeness (QED) is 0.916. The Bertz CT molecular complexity index is 659. The lowest BCUT2D eigenvalue weighted by molar-refractivity contribution is 0.601. The first-order valence-corrected chi connectivity index (χ1v) is 7.68. The van der Waals surface area contributed by atoms with E-state index in [1.165, 1.54) is 12.1 Å². The molecule has 0 saturated carbocycles. The summed E-state index contributed by atoms with van der Waals surface area (Å²) in [5, 5.41) is 0.447. The number of hydrogen-bond acceptors (Lipinski definition) is 2. The molecule has 3 nitrogen and oxygen atoms in total. The SMILES string of the molecule is O=S(=O)(Nc1cccc(Cl)c1Br)c1ccccc1. The molecule has 0 spiro atoms. The van der Waals surface area contributed by atoms with Crippen LogP contribution in [0.1, 0.15) is 0 Å². The number of halogens is 2. The van der Waals surface area contributed by atoms with Gasteiger partial charge in [-0.15, -0.1) is 0 Å². The van der Waals surface area contributed by atoms with Gasteiger partial charge in [0.1, 0.15) is 0 Å². The Hall–Kier alpha value is -1.04. The van der Waals surface area contributed by atoms with Gasteiger partial charge in [0.2, 0.25) is 0 Å². The summed E-state index contributed by atoms with van der Waals surface area (Å²) < 4.78 is 27.2. The maximum Gasteiger partial charge on any atom is 0.261 e. The van der Waals surface area contributed by atoms with Gasteiger partial charge in [-0.3, -0.25) is 4.72 Å². The first-order chi connectivity index (χ1) is 8.50. The van der Waals surface area contributed by atoms with Crippen molar-refractivity contribution >= 4 is 43.2 Å². The molecule has 0 aliphatic heterocycles. The van der Waals surface area contributed by atoms with Crippen molar-refractivity contribution in [3.05, 3.63) is 58.0 Å². The van der Waals surface area contributed by atoms with E-state index in [2.05, 4.69) is 20.7 Å². The highest BCUT2D eigenvalue weighted by Gasteiger charge is 2.15. The van der Waals surface area contributed by atoms with E-state index in [9.17, 15) is 8.42 Å². The fraction of sp³-hybridized carbons (Fsp3) is 0. The average molecular weight is 347 g/mol. The Labute approximate surface area is 119 Å². The largest absolute Gasteiger partial charge is 0.278 e. The first kappa shape index (κ1) is 13.4. The monoisotopic (exact) mass is 345 g/mol. The minimum absolute atomic E-state index is 0.205. The van der Waals surface area contributed by atoms with Gasteiger partial charge in [-0.05, 0) is 40.2 Å². The fourth-order valence-electron chi connectivity index (χ4n) is 1.39. The second kappa shape index (κ2) is 5.30. The van der Waals surface area contributed by atoms with E-state index in [0.717, 1.165) is 0 Å². The van der Waals surface area contributed by atoms with E-state index in [0.29, 0.717) is 15.2 Å². The predicted molar refractivity (Wildman–Crippen MR) is 76.4 cm³/mol. The van der Waals surface area contributed by atoms with Crippen LogP contribution in [0.25, 0.3) is 0 Å². The van der Waals surface area contributed by atoms with E-state index >= 15 is 0 Å². The normalized spacial score (nSPS) is 11.2. The smallest absolute Gasteiger partial charge is 0.261 e. The van der Waals surface area contributed by atoms with Gasteiger partial charge in [0.05, 0.1) is 20.1 Å². The molecule has 0 aliphatic carbocycles. The van der Waals surface area contributed by atoms with Gasteiger partial charge in [0, 0.05) is 0 Å². The summed E-state index contributed by atoms with van der Waals surface area (Å²) in [5.74, 6) is 0. The van der Waals surface area contributed by atoms with Crippen molar-refractivity contribution in [2.24, 2.45) is 0 Å². The maximum absolute atomic E-state index is 12.1. The van der Waals surface area contributed by atoms with Gasteiger partial charge in [0.25, 0.3) is 10.0 Å². The zero-order chi connectivity index (χ0) is 13.2. The van der Waals surface area contributed by atoms with Crippen molar-refractivity contribution in [2.75, 3.05) is 4.72 Å². The molecule has 2 aromatic rings. The van der Waals surface area contributed by atoms with Crippen molar-refractivity contribution in [2.45, 2.75) is 4.90 Å². The molecule has 18 heavy (non-hydrogen) atoms. The Morgan fingerprint density at radius 2 is 1.67 bits per heavy atom. The van der Waals surface area contributed by atoms with Crippen LogP contribution < -0.4 is 4.72 Å². The Morgan fingerprint density at radius 3 is 2.33 bits per heavy atom. The lowest BCUT2D eigenvalue weighted by atomic mass is 10.3. The highest BCUT2D eigenvalue weighted by atomic mass is 79.9. The summed E-state index contributed by atoms with van der Waals surface area (Å²) >= 11 is 9.15. The van der Waals surface area contributed by atoms with Gasteiger partial charge >= 0.3 is 0 Å². The second-order valence-corrected chi connectivity index (χ2v) is 6.40. The topological polar surface area (TPSA) is 46.2 Å². The lowest BCUT2D eigenvalue weighted by Gasteiger charge is -2.10. The van der Waals surface area contributed by atoms with E-state index in [-0.39, 0.29) is 4.90 Å². The third kappa shape index (κ3) is 2.85. The molecule has 1 N–H and O–H groups in total. The molecule has 0 heterocycles. The summed E-state index contributed by atoms with van der Waals surface area (Å²) in [6.07, 6.45) is 0. The van der Waals surface area contributed by atoms with Crippen molar-refractivity contribution in [1.82, 2.24) is 0 Å². The standard InChI is InChI=1S/C12H9BrClNO2S/c13-12-10(14)7-4-8-11(12)15-18(16,17)9-5-2-1-3-6-9/h1-8,15H. The zero-order valence-corrected chi connectivity index (χ0v) is 12.3. The van der Waals surface area contributed by atoms with Crippen molar-refractivity contribution in [3.8, 4) is 0 Å². The molecule has 6 heteroatoms. The number of anilines is 1. The van der Waals surface area contributed by atoms with Crippen molar-refractivity contribution in [1.29, 1.82) is 0 Å². The number of hydrogen-bond donors (Lipinski definition) is 1. The molecule has 0 bridgehead atoms. The van der Waals surface area contributed by atoms with Crippen LogP contribution in [0.15, 0.2) is 57.9 Å². The van der Waals surface area contributed by atoms with Crippen LogP contribution in [0.5, 0.6) is 0 Å². The molecular weight excluding hydrogens is 338 g/mol. The third-order valence-electron chi connectivity index (χ3n) is 2.25. The average Bonchev–Trinajstić information content (AvgIpc) is 2.36. The molecule has 2 aromatic carbocycles. The molecule has 0 unspecified atom stereocenters. The van der Waals surface area contributed by atoms with E-state index in [1.54, 1.807) is 36.4 Å². The molecule has 0 amide bonds. The predicted octanol–water partition coefficient (Wildman–Crippen LogP) is 3.90. The summed E-state index contributed by atoms with van der Waals surface area (Å²) in [6, 6.07) is 13.1. The number of nitrogens with one attached hydrogen (secondary N) is 1. The number of sulfonamides is 1. The minimum atomic E-state index is -3.59. The third-order valence-corrected chi connectivity index (χ3v) is 5.03. The van der Waals surface area contributed by atoms with Gasteiger partial charge in [-0.25, -0.2) is 8.42 Å². The number of benzene rings is 2. The Morgan fingerprint density at radius 1 is 1.00 bits per heavy atom. The lowest BCUT2D eigenvalue weighted by Crippen LogP contribution is -2.13. The van der Waals surface area contributed by atoms with Crippen LogP contribution in [0.2, 0.25) is 5.02 Å². The molecule has 0 aromatic heterocycles. The van der Waals surface area contributed by atoms with Crippen LogP contribution in [0.4, 0.5) is 5.69 Å². The van der Waals surface area contributed by atoms with Gasteiger partial charge in [-0.2, -0.15) is 0 Å². The maximum atomic E-state index is 12.1. The minimum Gasteiger partial charge on any atom is -0.278 e. The van der Waals surface area contributed by atoms with E-state index < -0.39 is 10.0 Å². The molecule has 0 aliphatic rings. The molecule has 0 saturated heterocycles. The molecule has 0 fully saturated rings. The highest BCUT2D eigenvalue weighted by Crippen LogP contribution is 2.31. The van der Waals surface area contributed by atoms with Gasteiger partial charge in [0.15, 0.2) is 0 Å². The second-order valence-electron chi connectivity index (χ2n) is 3.52. The summed E-state index contributed by atoms with van der Waals surface area (Å²) in [5.41, 5.74) is 0.409. The summed E-state index contributed by atoms with van der Waals surface area (Å²) in [6.45, 7) is 0. The highest BCUT2D eigenvalue weighted by molar-refractivity contribution is 9.10. The molecule has 94 valence electrons. The van der Waals surface area contributed by atoms with Crippen LogP contribution in [0.3, 0.4) is 0 Å². The van der Waals surface area contributed by atoms with Crippen LogP contribution >= 0.6 is 27.5 Å². The van der Waals surface area contributed by atoms with Crippen molar-refractivity contribution < 1.29 is 8.42 Å². The number of rotatable bonds is 3. The molecule has 0 radical (unpaired) electrons. The van der Waals surface area contributed by atoms with Gasteiger partial charge < -0.3 is 0 Å².